The molecule has 1 aliphatic rings. The van der Waals surface area contributed by atoms with Crippen LogP contribution >= 0.6 is 0 Å². The Morgan fingerprint density at radius 3 is 2.48 bits per heavy atom. The Morgan fingerprint density at radius 2 is 1.93 bits per heavy atom. The maximum atomic E-state index is 13.1. The van der Waals surface area contributed by atoms with E-state index in [0.29, 0.717) is 6.42 Å². The number of hydrogen-bond donors (Lipinski definition) is 1. The van der Waals surface area contributed by atoms with Gasteiger partial charge in [0.15, 0.2) is 0 Å². The molecule has 4 unspecified atom stereocenters. The molecule has 4 atom stereocenters. The van der Waals surface area contributed by atoms with Crippen molar-refractivity contribution < 1.29 is 22.7 Å². The summed E-state index contributed by atoms with van der Waals surface area (Å²) in [4.78, 5) is 26.6. The number of hydrogen-bond acceptors (Lipinski definition) is 6. The van der Waals surface area contributed by atoms with E-state index in [1.165, 1.54) is 11.9 Å². The molecule has 0 aliphatic heterocycles. The largest absolute Gasteiger partial charge is 0.381 e. The van der Waals surface area contributed by atoms with E-state index in [9.17, 15) is 18.0 Å². The fourth-order valence-electron chi connectivity index (χ4n) is 3.71. The molecule has 1 saturated carbocycles. The first-order valence-corrected chi connectivity index (χ1v) is 10.9. The number of benzene rings is 1. The van der Waals surface area contributed by atoms with Crippen LogP contribution in [0.2, 0.25) is 0 Å². The van der Waals surface area contributed by atoms with Crippen molar-refractivity contribution in [2.45, 2.75) is 50.7 Å². The zero-order valence-corrected chi connectivity index (χ0v) is 17.9. The van der Waals surface area contributed by atoms with Gasteiger partial charge in [-0.05, 0) is 24.8 Å². The van der Waals surface area contributed by atoms with Crippen molar-refractivity contribution >= 4 is 22.4 Å². The zero-order chi connectivity index (χ0) is 21.4. The van der Waals surface area contributed by atoms with Crippen molar-refractivity contribution in [2.24, 2.45) is 10.3 Å². The Balaban J connectivity index is 2.14. The van der Waals surface area contributed by atoms with Crippen LogP contribution in [0.1, 0.15) is 44.1 Å². The van der Waals surface area contributed by atoms with Gasteiger partial charge < -0.3 is 10.1 Å². The minimum atomic E-state index is -2.62. The van der Waals surface area contributed by atoms with Gasteiger partial charge in [0.25, 0.3) is 0 Å². The van der Waals surface area contributed by atoms with Crippen molar-refractivity contribution in [3.8, 4) is 0 Å². The van der Waals surface area contributed by atoms with E-state index in [0.717, 1.165) is 24.8 Å². The van der Waals surface area contributed by atoms with Crippen molar-refractivity contribution in [3.05, 3.63) is 35.9 Å². The topological polar surface area (TPSA) is 105 Å². The molecule has 1 aliphatic carbocycles. The highest BCUT2D eigenvalue weighted by molar-refractivity contribution is 7.61. The number of rotatable bonds is 10. The fraction of sp³-hybridized carbons (Fsp3) is 0.600. The molecule has 1 N–H and O–H groups in total. The van der Waals surface area contributed by atoms with E-state index in [1.807, 2.05) is 30.3 Å². The van der Waals surface area contributed by atoms with Crippen LogP contribution in [0.5, 0.6) is 0 Å². The predicted molar refractivity (Wildman–Crippen MR) is 109 cm³/mol. The summed E-state index contributed by atoms with van der Waals surface area (Å²) in [5, 5.41) is 2.50. The fourth-order valence-corrected chi connectivity index (χ4v) is 4.17. The highest BCUT2D eigenvalue weighted by atomic mass is 32.2. The number of carbonyl (C=O) groups excluding carboxylic acids is 2. The number of amides is 3. The summed E-state index contributed by atoms with van der Waals surface area (Å²) >= 11 is 0. The van der Waals surface area contributed by atoms with Crippen molar-refractivity contribution in [3.63, 3.8) is 0 Å². The van der Waals surface area contributed by atoms with E-state index in [2.05, 4.69) is 16.6 Å². The smallest absolute Gasteiger partial charge is 0.323 e. The predicted octanol–water partition coefficient (Wildman–Crippen LogP) is 2.59. The number of carbonyl (C=O) groups is 2. The third-order valence-corrected chi connectivity index (χ3v) is 5.65. The van der Waals surface area contributed by atoms with Crippen LogP contribution in [0.4, 0.5) is 4.79 Å². The maximum Gasteiger partial charge on any atom is 0.323 e. The van der Waals surface area contributed by atoms with E-state index < -0.39 is 34.4 Å². The molecule has 0 aromatic heterocycles. The number of nitrogens with zero attached hydrogens (tertiary/aromatic N) is 2. The number of urea groups is 1. The Labute approximate surface area is 173 Å². The first kappa shape index (κ1) is 23.0. The zero-order valence-electron chi connectivity index (χ0n) is 17.1. The summed E-state index contributed by atoms with van der Waals surface area (Å²) in [6.07, 6.45) is 3.34. The van der Waals surface area contributed by atoms with Gasteiger partial charge in [-0.1, -0.05) is 43.7 Å². The molecule has 1 fully saturated rings. The molecule has 0 saturated heterocycles. The summed E-state index contributed by atoms with van der Waals surface area (Å²) in [7, 11) is 0.506. The summed E-state index contributed by atoms with van der Waals surface area (Å²) in [6, 6.07) is 8.01. The highest BCUT2D eigenvalue weighted by Gasteiger charge is 2.58. The molecular formula is C20H29N3O5S. The summed E-state index contributed by atoms with van der Waals surface area (Å²) in [5.74, 6) is -1.41. The van der Waals surface area contributed by atoms with Gasteiger partial charge in [-0.3, -0.25) is 9.69 Å². The second-order valence-corrected chi connectivity index (χ2v) is 7.75. The maximum absolute atomic E-state index is 13.1. The molecule has 1 aromatic carbocycles. The molecule has 0 heterocycles. The Bertz CT molecular complexity index is 820. The summed E-state index contributed by atoms with van der Waals surface area (Å²) in [6.45, 7) is 2.32. The Morgan fingerprint density at radius 1 is 1.24 bits per heavy atom. The Hall–Kier alpha value is -2.26. The monoisotopic (exact) mass is 423 g/mol. The normalized spacial score (nSPS) is 21.1. The minimum absolute atomic E-state index is 0.0882. The molecule has 8 nitrogen and oxygen atoms in total. The third-order valence-electron chi connectivity index (χ3n) is 5.24. The van der Waals surface area contributed by atoms with Gasteiger partial charge in [0.05, 0.1) is 18.1 Å². The third kappa shape index (κ3) is 6.11. The molecular weight excluding hydrogens is 394 g/mol. The van der Waals surface area contributed by atoms with E-state index in [1.54, 1.807) is 7.11 Å². The molecule has 29 heavy (non-hydrogen) atoms. The highest BCUT2D eigenvalue weighted by Crippen LogP contribution is 2.51. The van der Waals surface area contributed by atoms with Crippen molar-refractivity contribution in [1.29, 1.82) is 0 Å². The second kappa shape index (κ2) is 11.1. The van der Waals surface area contributed by atoms with E-state index in [-0.39, 0.29) is 18.6 Å². The van der Waals surface area contributed by atoms with Crippen LogP contribution in [-0.4, -0.2) is 58.1 Å². The first-order valence-electron chi connectivity index (χ1n) is 9.85. The lowest BCUT2D eigenvalue weighted by molar-refractivity contribution is -0.129. The molecule has 0 bridgehead atoms. The summed E-state index contributed by atoms with van der Waals surface area (Å²) < 4.78 is 31.3. The lowest BCUT2D eigenvalue weighted by atomic mass is 10.1. The molecule has 1 aromatic rings. The molecule has 2 rings (SSSR count). The van der Waals surface area contributed by atoms with Gasteiger partial charge in [-0.25, -0.2) is 4.79 Å². The van der Waals surface area contributed by atoms with Crippen LogP contribution in [0.3, 0.4) is 0 Å². The molecule has 0 radical (unpaired) electrons. The van der Waals surface area contributed by atoms with Crippen LogP contribution < -0.4 is 5.32 Å². The van der Waals surface area contributed by atoms with Crippen LogP contribution in [0.25, 0.3) is 0 Å². The number of ether oxygens (including phenoxy) is 1. The van der Waals surface area contributed by atoms with Gasteiger partial charge in [-0.15, -0.1) is 0 Å². The van der Waals surface area contributed by atoms with E-state index in [4.69, 9.17) is 4.74 Å². The van der Waals surface area contributed by atoms with Crippen LogP contribution in [0.15, 0.2) is 34.7 Å². The average molecular weight is 424 g/mol. The minimum Gasteiger partial charge on any atom is -0.381 e. The van der Waals surface area contributed by atoms with Gasteiger partial charge in [0.1, 0.15) is 0 Å². The lowest BCUT2D eigenvalue weighted by Crippen LogP contribution is -2.44. The first-order chi connectivity index (χ1) is 13.9. The number of imide groups is 1. The molecule has 160 valence electrons. The number of methoxy groups -OCH3 is 1. The lowest BCUT2D eigenvalue weighted by Gasteiger charge is -2.22. The van der Waals surface area contributed by atoms with Crippen LogP contribution in [0, 0.1) is 5.92 Å². The van der Waals surface area contributed by atoms with E-state index >= 15 is 0 Å². The van der Waals surface area contributed by atoms with Gasteiger partial charge in [-0.2, -0.15) is 12.8 Å². The van der Waals surface area contributed by atoms with Crippen molar-refractivity contribution in [2.75, 3.05) is 20.7 Å². The van der Waals surface area contributed by atoms with Gasteiger partial charge in [0.2, 0.25) is 5.91 Å². The quantitative estimate of drug-likeness (QED) is 0.623. The standard InChI is InChI=1S/C20H29N3O5S/c1-4-9-15(28-3)12-8-13-23(20(25)21-2)19(24)17-16(18(17)22-29(26)27)14-10-6-5-7-11-14/h5-7,10-11,15-18H,4,8-9,12-13H2,1-3H3,(H,21,25). The SMILES string of the molecule is CCCC(CCCN(C(=O)NC)C(=O)C1C(N=S(=O)=O)C1c1ccccc1)OC. The Kier molecular flexibility index (Phi) is 8.78. The summed E-state index contributed by atoms with van der Waals surface area (Å²) in [5.41, 5.74) is 0.837. The second-order valence-electron chi connectivity index (χ2n) is 7.11. The van der Waals surface area contributed by atoms with Gasteiger partial charge >= 0.3 is 16.5 Å². The van der Waals surface area contributed by atoms with Crippen LogP contribution in [-0.2, 0) is 20.0 Å². The average Bonchev–Trinajstić information content (AvgIpc) is 3.42. The van der Waals surface area contributed by atoms with Crippen molar-refractivity contribution in [1.82, 2.24) is 10.2 Å². The molecule has 9 heteroatoms. The van der Waals surface area contributed by atoms with Gasteiger partial charge in [0, 0.05) is 26.6 Å². The molecule has 0 spiro atoms. The molecule has 3 amide bonds. The number of nitrogens with one attached hydrogen (secondary N) is 1.